The SMILES string of the molecule is Cc1ccc([C@@]23SCCN2C(=O)c2ccccc23)cc1C. The maximum Gasteiger partial charge on any atom is 0.255 e. The molecule has 106 valence electrons. The van der Waals surface area contributed by atoms with Crippen LogP contribution in [-0.2, 0) is 4.87 Å². The summed E-state index contributed by atoms with van der Waals surface area (Å²) >= 11 is 1.88. The molecule has 0 spiro atoms. The van der Waals surface area contributed by atoms with Gasteiger partial charge >= 0.3 is 0 Å². The largest absolute Gasteiger partial charge is 0.315 e. The molecule has 0 N–H and O–H groups in total. The van der Waals surface area contributed by atoms with Gasteiger partial charge < -0.3 is 4.90 Å². The third kappa shape index (κ3) is 1.58. The van der Waals surface area contributed by atoms with E-state index in [2.05, 4.69) is 38.1 Å². The minimum Gasteiger partial charge on any atom is -0.315 e. The highest BCUT2D eigenvalue weighted by atomic mass is 32.2. The van der Waals surface area contributed by atoms with Crippen LogP contribution in [-0.4, -0.2) is 23.1 Å². The molecule has 0 radical (unpaired) electrons. The number of hydrogen-bond acceptors (Lipinski definition) is 2. The molecular weight excluding hydrogens is 278 g/mol. The molecule has 2 aliphatic rings. The second-order valence-corrected chi connectivity index (χ2v) is 7.08. The Morgan fingerprint density at radius 2 is 1.90 bits per heavy atom. The van der Waals surface area contributed by atoms with E-state index in [-0.39, 0.29) is 10.8 Å². The van der Waals surface area contributed by atoms with E-state index in [1.54, 1.807) is 0 Å². The monoisotopic (exact) mass is 295 g/mol. The number of aryl methyl sites for hydroxylation is 2. The number of carbonyl (C=O) groups excluding carboxylic acids is 1. The molecule has 0 unspecified atom stereocenters. The number of nitrogens with zero attached hydrogens (tertiary/aromatic N) is 1. The Morgan fingerprint density at radius 1 is 1.10 bits per heavy atom. The second-order valence-electron chi connectivity index (χ2n) is 5.79. The topological polar surface area (TPSA) is 20.3 Å². The van der Waals surface area contributed by atoms with Crippen molar-refractivity contribution in [3.63, 3.8) is 0 Å². The average Bonchev–Trinajstić information content (AvgIpc) is 3.03. The van der Waals surface area contributed by atoms with Crippen molar-refractivity contribution in [2.24, 2.45) is 0 Å². The van der Waals surface area contributed by atoms with Crippen LogP contribution in [0.5, 0.6) is 0 Å². The smallest absolute Gasteiger partial charge is 0.255 e. The van der Waals surface area contributed by atoms with Crippen molar-refractivity contribution in [2.75, 3.05) is 12.3 Å². The molecule has 1 saturated heterocycles. The van der Waals surface area contributed by atoms with Gasteiger partial charge in [-0.05, 0) is 36.6 Å². The van der Waals surface area contributed by atoms with Gasteiger partial charge in [0, 0.05) is 23.4 Å². The van der Waals surface area contributed by atoms with Crippen LogP contribution < -0.4 is 0 Å². The van der Waals surface area contributed by atoms with Gasteiger partial charge in [0.25, 0.3) is 5.91 Å². The summed E-state index contributed by atoms with van der Waals surface area (Å²) in [5, 5.41) is 0. The summed E-state index contributed by atoms with van der Waals surface area (Å²) in [7, 11) is 0. The third-order valence-corrected chi connectivity index (χ3v) is 6.15. The zero-order chi connectivity index (χ0) is 14.6. The van der Waals surface area contributed by atoms with Crippen molar-refractivity contribution in [1.82, 2.24) is 4.90 Å². The van der Waals surface area contributed by atoms with Crippen LogP contribution in [0.15, 0.2) is 42.5 Å². The first-order chi connectivity index (χ1) is 10.1. The first-order valence-corrected chi connectivity index (χ1v) is 8.26. The van der Waals surface area contributed by atoms with Crippen LogP contribution in [0.3, 0.4) is 0 Å². The van der Waals surface area contributed by atoms with Crippen LogP contribution >= 0.6 is 11.8 Å². The van der Waals surface area contributed by atoms with E-state index in [4.69, 9.17) is 0 Å². The lowest BCUT2D eigenvalue weighted by atomic mass is 9.94. The van der Waals surface area contributed by atoms with Gasteiger partial charge in [0.1, 0.15) is 4.87 Å². The van der Waals surface area contributed by atoms with Crippen LogP contribution in [0.1, 0.15) is 32.6 Å². The average molecular weight is 295 g/mol. The minimum absolute atomic E-state index is 0.175. The molecule has 1 amide bonds. The minimum atomic E-state index is -0.313. The maximum atomic E-state index is 12.7. The van der Waals surface area contributed by atoms with Crippen molar-refractivity contribution >= 4 is 17.7 Å². The van der Waals surface area contributed by atoms with Crippen LogP contribution in [0.4, 0.5) is 0 Å². The Kier molecular flexibility index (Phi) is 2.70. The summed E-state index contributed by atoms with van der Waals surface area (Å²) in [6.45, 7) is 5.09. The molecule has 21 heavy (non-hydrogen) atoms. The molecule has 0 bridgehead atoms. The quantitative estimate of drug-likeness (QED) is 0.799. The van der Waals surface area contributed by atoms with E-state index in [9.17, 15) is 4.79 Å². The van der Waals surface area contributed by atoms with Crippen molar-refractivity contribution in [2.45, 2.75) is 18.7 Å². The van der Waals surface area contributed by atoms with E-state index in [0.29, 0.717) is 0 Å². The van der Waals surface area contributed by atoms with E-state index in [0.717, 1.165) is 23.4 Å². The molecule has 2 aromatic carbocycles. The predicted octanol–water partition coefficient (Wildman–Crippen LogP) is 3.71. The molecule has 4 rings (SSSR count). The molecule has 2 heterocycles. The number of hydrogen-bond donors (Lipinski definition) is 0. The zero-order valence-corrected chi connectivity index (χ0v) is 13.0. The van der Waals surface area contributed by atoms with Gasteiger partial charge in [0.15, 0.2) is 0 Å². The first-order valence-electron chi connectivity index (χ1n) is 7.28. The Labute approximate surface area is 129 Å². The number of carbonyl (C=O) groups is 1. The number of fused-ring (bicyclic) bond motifs is 3. The summed E-state index contributed by atoms with van der Waals surface area (Å²) in [5.41, 5.74) is 5.82. The molecule has 1 fully saturated rings. The van der Waals surface area contributed by atoms with Crippen molar-refractivity contribution in [3.05, 3.63) is 70.3 Å². The van der Waals surface area contributed by atoms with Crippen molar-refractivity contribution < 1.29 is 4.79 Å². The third-order valence-electron chi connectivity index (χ3n) is 4.67. The summed E-state index contributed by atoms with van der Waals surface area (Å²) in [6, 6.07) is 14.7. The maximum absolute atomic E-state index is 12.7. The van der Waals surface area contributed by atoms with Gasteiger partial charge in [-0.25, -0.2) is 0 Å². The fourth-order valence-electron chi connectivity index (χ4n) is 3.45. The van der Waals surface area contributed by atoms with Crippen molar-refractivity contribution in [1.29, 1.82) is 0 Å². The Bertz CT molecular complexity index is 755. The predicted molar refractivity (Wildman–Crippen MR) is 86.6 cm³/mol. The number of rotatable bonds is 1. The molecule has 2 aliphatic heterocycles. The van der Waals surface area contributed by atoms with Gasteiger partial charge in [-0.15, -0.1) is 11.8 Å². The Hall–Kier alpha value is -1.74. The fraction of sp³-hybridized carbons (Fsp3) is 0.278. The summed E-state index contributed by atoms with van der Waals surface area (Å²) in [6.07, 6.45) is 0. The summed E-state index contributed by atoms with van der Waals surface area (Å²) < 4.78 is 0. The lowest BCUT2D eigenvalue weighted by Gasteiger charge is -2.33. The molecular formula is C18H17NOS. The Morgan fingerprint density at radius 3 is 2.71 bits per heavy atom. The first kappa shape index (κ1) is 13.0. The lowest BCUT2D eigenvalue weighted by molar-refractivity contribution is 0.0752. The highest BCUT2D eigenvalue weighted by molar-refractivity contribution is 8.00. The van der Waals surface area contributed by atoms with Crippen LogP contribution in [0, 0.1) is 13.8 Å². The van der Waals surface area contributed by atoms with Gasteiger partial charge in [0.2, 0.25) is 0 Å². The number of benzene rings is 2. The molecule has 2 nitrogen and oxygen atoms in total. The molecule has 3 heteroatoms. The highest BCUT2D eigenvalue weighted by Crippen LogP contribution is 2.55. The normalized spacial score (nSPS) is 23.3. The van der Waals surface area contributed by atoms with Crippen LogP contribution in [0.25, 0.3) is 0 Å². The molecule has 0 aromatic heterocycles. The molecule has 0 aliphatic carbocycles. The Balaban J connectivity index is 2.00. The summed E-state index contributed by atoms with van der Waals surface area (Å²) in [4.78, 5) is 14.5. The van der Waals surface area contributed by atoms with Gasteiger partial charge in [-0.1, -0.05) is 36.4 Å². The lowest BCUT2D eigenvalue weighted by Crippen LogP contribution is -2.37. The van der Waals surface area contributed by atoms with E-state index in [1.165, 1.54) is 16.7 Å². The highest BCUT2D eigenvalue weighted by Gasteiger charge is 2.54. The van der Waals surface area contributed by atoms with E-state index in [1.807, 2.05) is 34.9 Å². The second kappa shape index (κ2) is 4.38. The fourth-order valence-corrected chi connectivity index (χ4v) is 4.97. The molecule has 1 atom stereocenters. The number of thioether (sulfide) groups is 1. The molecule has 2 aromatic rings. The van der Waals surface area contributed by atoms with Gasteiger partial charge in [-0.3, -0.25) is 4.79 Å². The van der Waals surface area contributed by atoms with Gasteiger partial charge in [-0.2, -0.15) is 0 Å². The van der Waals surface area contributed by atoms with E-state index < -0.39 is 0 Å². The van der Waals surface area contributed by atoms with Gasteiger partial charge in [0.05, 0.1) is 0 Å². The van der Waals surface area contributed by atoms with E-state index >= 15 is 0 Å². The summed E-state index contributed by atoms with van der Waals surface area (Å²) in [5.74, 6) is 1.17. The van der Waals surface area contributed by atoms with Crippen LogP contribution in [0.2, 0.25) is 0 Å². The zero-order valence-electron chi connectivity index (χ0n) is 12.2. The number of amides is 1. The standard InChI is InChI=1S/C18H17NOS/c1-12-7-8-14(11-13(12)2)18-16-6-4-3-5-15(16)17(20)19(18)9-10-21-18/h3-8,11H,9-10H2,1-2H3/t18-/m0/s1. The van der Waals surface area contributed by atoms with Crippen molar-refractivity contribution in [3.8, 4) is 0 Å². The molecule has 0 saturated carbocycles.